The highest BCUT2D eigenvalue weighted by atomic mass is 19.1. The molecule has 5 nitrogen and oxygen atoms in total. The lowest BCUT2D eigenvalue weighted by atomic mass is 10.1. The summed E-state index contributed by atoms with van der Waals surface area (Å²) in [6.07, 6.45) is 1.38. The van der Waals surface area contributed by atoms with Crippen LogP contribution in [0.1, 0.15) is 29.8 Å². The maximum atomic E-state index is 14.7. The van der Waals surface area contributed by atoms with Gasteiger partial charge in [-0.25, -0.2) is 18.6 Å². The number of halogens is 2. The summed E-state index contributed by atoms with van der Waals surface area (Å²) in [5.74, 6) is -2.75. The molecule has 0 fully saturated rings. The lowest BCUT2D eigenvalue weighted by molar-refractivity contribution is 0.0697. The van der Waals surface area contributed by atoms with E-state index < -0.39 is 17.6 Å². The molecule has 0 aliphatic rings. The summed E-state index contributed by atoms with van der Waals surface area (Å²) >= 11 is 0. The van der Waals surface area contributed by atoms with Crippen molar-refractivity contribution < 1.29 is 18.7 Å². The third kappa shape index (κ3) is 3.45. The van der Waals surface area contributed by atoms with E-state index in [0.717, 1.165) is 0 Å². The minimum atomic E-state index is -1.32. The van der Waals surface area contributed by atoms with Gasteiger partial charge in [0.2, 0.25) is 0 Å². The van der Waals surface area contributed by atoms with Gasteiger partial charge in [-0.3, -0.25) is 0 Å². The lowest BCUT2D eigenvalue weighted by Crippen LogP contribution is -2.07. The molecule has 0 unspecified atom stereocenters. The Hall–Kier alpha value is -2.96. The zero-order chi connectivity index (χ0) is 18.7. The van der Waals surface area contributed by atoms with Crippen LogP contribution in [0.2, 0.25) is 0 Å². The summed E-state index contributed by atoms with van der Waals surface area (Å²) in [6.45, 7) is 5.72. The van der Waals surface area contributed by atoms with Crippen LogP contribution in [0.15, 0.2) is 30.6 Å². The van der Waals surface area contributed by atoms with Crippen LogP contribution in [0.4, 0.5) is 20.2 Å². The Morgan fingerprint density at radius 1 is 1.24 bits per heavy atom. The number of aryl methyl sites for hydroxylation is 2. The number of carbonyl (C=O) groups is 1. The van der Waals surface area contributed by atoms with Crippen LogP contribution in [0, 0.1) is 18.6 Å². The van der Waals surface area contributed by atoms with Crippen molar-refractivity contribution in [2.24, 2.45) is 7.05 Å². The Labute approximate surface area is 143 Å². The molecule has 3 aromatic rings. The van der Waals surface area contributed by atoms with Crippen molar-refractivity contribution in [2.75, 3.05) is 5.32 Å². The van der Waals surface area contributed by atoms with Crippen LogP contribution in [0.3, 0.4) is 0 Å². The van der Waals surface area contributed by atoms with Crippen molar-refractivity contribution in [3.8, 4) is 0 Å². The van der Waals surface area contributed by atoms with E-state index in [0.29, 0.717) is 11.1 Å². The first-order chi connectivity index (χ1) is 11.9. The molecule has 7 heteroatoms. The monoisotopic (exact) mass is 347 g/mol. The van der Waals surface area contributed by atoms with Gasteiger partial charge in [0.1, 0.15) is 11.3 Å². The number of nitrogens with zero attached hydrogens (tertiary/aromatic N) is 2. The smallest absolute Gasteiger partial charge is 0.338 e. The Morgan fingerprint density at radius 3 is 2.52 bits per heavy atom. The van der Waals surface area contributed by atoms with Gasteiger partial charge in [-0.15, -0.1) is 0 Å². The first-order valence-corrected chi connectivity index (χ1v) is 7.78. The van der Waals surface area contributed by atoms with E-state index >= 15 is 0 Å². The fraction of sp³-hybridized carbons (Fsp3) is 0.222. The number of fused-ring (bicyclic) bond motifs is 1. The van der Waals surface area contributed by atoms with Crippen molar-refractivity contribution in [2.45, 2.75) is 20.8 Å². The Morgan fingerprint density at radius 2 is 1.92 bits per heavy atom. The van der Waals surface area contributed by atoms with Crippen LogP contribution in [0.25, 0.3) is 11.0 Å². The highest BCUT2D eigenvalue weighted by molar-refractivity contribution is 6.00. The minimum absolute atomic E-state index is 0.00715. The number of benzene rings is 2. The zero-order valence-corrected chi connectivity index (χ0v) is 14.4. The van der Waals surface area contributed by atoms with Crippen molar-refractivity contribution >= 4 is 28.4 Å². The molecule has 3 rings (SSSR count). The van der Waals surface area contributed by atoms with Gasteiger partial charge in [0.25, 0.3) is 0 Å². The van der Waals surface area contributed by atoms with Gasteiger partial charge >= 0.3 is 5.97 Å². The zero-order valence-electron chi connectivity index (χ0n) is 14.4. The molecule has 0 amide bonds. The molecule has 2 aromatic carbocycles. The summed E-state index contributed by atoms with van der Waals surface area (Å²) < 4.78 is 30.2. The third-order valence-electron chi connectivity index (χ3n) is 3.58. The molecule has 0 aliphatic heterocycles. The molecule has 0 spiro atoms. The highest BCUT2D eigenvalue weighted by Gasteiger charge is 2.21. The molecule has 1 heterocycles. The number of hydrogen-bond acceptors (Lipinski definition) is 3. The number of carboxylic acids is 1. The summed E-state index contributed by atoms with van der Waals surface area (Å²) in [4.78, 5) is 15.4. The Balaban J connectivity index is 0.00000109. The van der Waals surface area contributed by atoms with E-state index in [1.165, 1.54) is 29.1 Å². The Kier molecular flexibility index (Phi) is 5.36. The average molecular weight is 347 g/mol. The van der Waals surface area contributed by atoms with Crippen LogP contribution in [-0.2, 0) is 7.05 Å². The normalized spacial score (nSPS) is 10.3. The average Bonchev–Trinajstić information content (AvgIpc) is 2.95. The van der Waals surface area contributed by atoms with Gasteiger partial charge in [-0.1, -0.05) is 19.9 Å². The van der Waals surface area contributed by atoms with Gasteiger partial charge in [-0.05, 0) is 30.7 Å². The SMILES string of the molecule is CC.Cc1ccc(Nc2c(C(=O)O)cc3c(ncn3C)c2F)c(F)c1. The quantitative estimate of drug-likeness (QED) is 0.725. The lowest BCUT2D eigenvalue weighted by Gasteiger charge is -2.13. The maximum Gasteiger partial charge on any atom is 0.338 e. The number of imidazole rings is 1. The van der Waals surface area contributed by atoms with Gasteiger partial charge in [0.15, 0.2) is 5.82 Å². The summed E-state index contributed by atoms with van der Waals surface area (Å²) in [6, 6.07) is 5.66. The molecule has 0 saturated heterocycles. The predicted molar refractivity (Wildman–Crippen MR) is 93.4 cm³/mol. The first-order valence-electron chi connectivity index (χ1n) is 7.78. The molecule has 0 radical (unpaired) electrons. The van der Waals surface area contributed by atoms with E-state index in [2.05, 4.69) is 10.3 Å². The van der Waals surface area contributed by atoms with E-state index in [4.69, 9.17) is 0 Å². The van der Waals surface area contributed by atoms with Gasteiger partial charge in [-0.2, -0.15) is 0 Å². The summed E-state index contributed by atoms with van der Waals surface area (Å²) in [5.41, 5.74) is 0.451. The number of nitrogens with one attached hydrogen (secondary N) is 1. The predicted octanol–water partition coefficient (Wildman–Crippen LogP) is 4.63. The van der Waals surface area contributed by atoms with E-state index in [1.807, 2.05) is 13.8 Å². The number of aromatic carboxylic acids is 1. The fourth-order valence-electron chi connectivity index (χ4n) is 2.37. The topological polar surface area (TPSA) is 67.2 Å². The summed E-state index contributed by atoms with van der Waals surface area (Å²) in [5, 5.41) is 11.9. The number of anilines is 2. The second kappa shape index (κ2) is 7.29. The molecule has 132 valence electrons. The second-order valence-corrected chi connectivity index (χ2v) is 5.25. The minimum Gasteiger partial charge on any atom is -0.478 e. The maximum absolute atomic E-state index is 14.7. The number of rotatable bonds is 3. The fourth-order valence-corrected chi connectivity index (χ4v) is 2.37. The van der Waals surface area contributed by atoms with Gasteiger partial charge in [0, 0.05) is 7.05 Å². The van der Waals surface area contributed by atoms with E-state index in [1.54, 1.807) is 20.0 Å². The Bertz CT molecular complexity index is 936. The van der Waals surface area contributed by atoms with Crippen molar-refractivity contribution in [3.05, 3.63) is 53.4 Å². The van der Waals surface area contributed by atoms with Crippen LogP contribution >= 0.6 is 0 Å². The van der Waals surface area contributed by atoms with Crippen molar-refractivity contribution in [1.82, 2.24) is 9.55 Å². The molecular weight excluding hydrogens is 328 g/mol. The molecular formula is C18H19F2N3O2. The largest absolute Gasteiger partial charge is 0.478 e. The molecule has 0 saturated carbocycles. The summed E-state index contributed by atoms with van der Waals surface area (Å²) in [7, 11) is 1.63. The molecule has 0 aliphatic carbocycles. The van der Waals surface area contributed by atoms with Crippen LogP contribution < -0.4 is 5.32 Å². The van der Waals surface area contributed by atoms with Crippen LogP contribution in [0.5, 0.6) is 0 Å². The highest BCUT2D eigenvalue weighted by Crippen LogP contribution is 2.31. The van der Waals surface area contributed by atoms with Crippen LogP contribution in [-0.4, -0.2) is 20.6 Å². The first kappa shape index (κ1) is 18.4. The van der Waals surface area contributed by atoms with Crippen molar-refractivity contribution in [3.63, 3.8) is 0 Å². The standard InChI is InChI=1S/C16H13F2N3O2.C2H6/c1-8-3-4-11(10(17)5-8)20-14-9(16(22)23)6-12-15(13(14)18)19-7-21(12)2;1-2/h3-7,20H,1-2H3,(H,22,23);1-2H3. The van der Waals surface area contributed by atoms with Crippen molar-refractivity contribution in [1.29, 1.82) is 0 Å². The number of carboxylic acid groups (broad SMARTS) is 1. The second-order valence-electron chi connectivity index (χ2n) is 5.25. The molecule has 2 N–H and O–H groups in total. The number of aromatic nitrogens is 2. The third-order valence-corrected chi connectivity index (χ3v) is 3.58. The van der Waals surface area contributed by atoms with E-state index in [9.17, 15) is 18.7 Å². The van der Waals surface area contributed by atoms with Gasteiger partial charge in [0.05, 0.1) is 28.8 Å². The van der Waals surface area contributed by atoms with Gasteiger partial charge < -0.3 is 15.0 Å². The molecule has 0 atom stereocenters. The van der Waals surface area contributed by atoms with E-state index in [-0.39, 0.29) is 22.5 Å². The molecule has 1 aromatic heterocycles. The molecule has 0 bridgehead atoms. The molecule has 25 heavy (non-hydrogen) atoms. The number of hydrogen-bond donors (Lipinski definition) is 2.